The van der Waals surface area contributed by atoms with Gasteiger partial charge in [0.15, 0.2) is 9.84 Å². The fourth-order valence-corrected chi connectivity index (χ4v) is 8.92. The minimum absolute atomic E-state index is 0.0341. The molecule has 0 bridgehead atoms. The van der Waals surface area contributed by atoms with E-state index in [9.17, 15) is 48.5 Å². The van der Waals surface area contributed by atoms with Gasteiger partial charge < -0.3 is 9.45 Å². The molecule has 0 saturated carbocycles. The summed E-state index contributed by atoms with van der Waals surface area (Å²) in [4.78, 5) is 14.3. The van der Waals surface area contributed by atoms with E-state index in [2.05, 4.69) is 0 Å². The van der Waals surface area contributed by atoms with E-state index in [1.165, 1.54) is 35.4 Å². The van der Waals surface area contributed by atoms with E-state index >= 15 is 0 Å². The van der Waals surface area contributed by atoms with Gasteiger partial charge in [-0.2, -0.15) is 26.3 Å². The summed E-state index contributed by atoms with van der Waals surface area (Å²) in [7, 11) is -4.39. The third-order valence-corrected chi connectivity index (χ3v) is 11.6. The number of halogens is 8. The molecule has 4 rings (SSSR count). The average Bonchev–Trinajstić information content (AvgIpc) is 3.27. The van der Waals surface area contributed by atoms with Gasteiger partial charge in [-0.1, -0.05) is 29.4 Å². The van der Waals surface area contributed by atoms with Crippen LogP contribution in [0.3, 0.4) is 0 Å². The molecule has 1 aliphatic carbocycles. The molecule has 5 nitrogen and oxygen atoms in total. The molecule has 2 aromatic rings. The number of nitrogens with zero attached hydrogens (tertiary/aromatic N) is 1. The molecule has 1 heterocycles. The minimum Gasteiger partial charge on any atom is -0.617 e. The molecular formula is C25H23F7INO4S2. The summed E-state index contributed by atoms with van der Waals surface area (Å²) in [5.74, 6) is -0.427. The molecule has 3 atom stereocenters. The van der Waals surface area contributed by atoms with E-state index in [1.807, 2.05) is 22.6 Å². The number of carbonyl (C=O) groups is 1. The molecule has 0 radical (unpaired) electrons. The predicted octanol–water partition coefficient (Wildman–Crippen LogP) is 5.57. The van der Waals surface area contributed by atoms with Crippen LogP contribution in [0.25, 0.3) is 0 Å². The maximum absolute atomic E-state index is 14.9. The van der Waals surface area contributed by atoms with Gasteiger partial charge in [0.25, 0.3) is 0 Å². The minimum atomic E-state index is -6.32. The van der Waals surface area contributed by atoms with E-state index in [0.717, 1.165) is 6.07 Å². The lowest BCUT2D eigenvalue weighted by Gasteiger charge is -2.43. The molecule has 1 fully saturated rings. The zero-order chi connectivity index (χ0) is 29.9. The average molecular weight is 725 g/mol. The molecule has 15 heteroatoms. The van der Waals surface area contributed by atoms with Crippen molar-refractivity contribution in [1.82, 2.24) is 4.90 Å². The number of amides is 1. The number of carbonyl (C=O) groups excluding carboxylic acids is 1. The third kappa shape index (κ3) is 4.91. The number of alkyl halides is 7. The first-order valence-electron chi connectivity index (χ1n) is 11.9. The van der Waals surface area contributed by atoms with Crippen LogP contribution in [0, 0.1) is 3.57 Å². The fraction of sp³-hybridized carbons (Fsp3) is 0.480. The van der Waals surface area contributed by atoms with Gasteiger partial charge in [-0.3, -0.25) is 4.79 Å². The van der Waals surface area contributed by atoms with E-state index in [1.54, 1.807) is 0 Å². The van der Waals surface area contributed by atoms with Gasteiger partial charge in [-0.15, -0.1) is 0 Å². The highest BCUT2D eigenvalue weighted by molar-refractivity contribution is 14.1. The van der Waals surface area contributed by atoms with E-state index in [4.69, 9.17) is 0 Å². The summed E-state index contributed by atoms with van der Waals surface area (Å²) in [6, 6.07) is 6.36. The molecule has 0 N–H and O–H groups in total. The van der Waals surface area contributed by atoms with Gasteiger partial charge in [0.05, 0.1) is 23.6 Å². The Labute approximate surface area is 242 Å². The molecule has 220 valence electrons. The van der Waals surface area contributed by atoms with Crippen LogP contribution in [-0.4, -0.2) is 60.7 Å². The van der Waals surface area contributed by atoms with Crippen molar-refractivity contribution >= 4 is 49.5 Å². The second kappa shape index (κ2) is 10.6. The third-order valence-electron chi connectivity index (χ3n) is 7.59. The first-order chi connectivity index (χ1) is 18.4. The standard InChI is InChI=1S/C25H23F7INO4S2/c1-39(36)13-10-21(35)34-12-11-22(40(37,38)18-6-4-17(33)5-7-18)19-8-3-16(14-15(19)2-9-20(22)34)23(26,24(27,28)29)25(30,31)32/h3-8,14,20H,2,9-13H2,1H3/t20-,22-,39?/m1/s1. The van der Waals surface area contributed by atoms with Crippen LogP contribution >= 0.6 is 22.6 Å². The highest BCUT2D eigenvalue weighted by Gasteiger charge is 2.73. The fourth-order valence-electron chi connectivity index (χ4n) is 5.73. The number of sulfone groups is 1. The van der Waals surface area contributed by atoms with Gasteiger partial charge in [0.2, 0.25) is 5.91 Å². The van der Waals surface area contributed by atoms with Crippen molar-refractivity contribution in [2.45, 2.75) is 59.4 Å². The summed E-state index contributed by atoms with van der Waals surface area (Å²) >= 11 is 0.663. The van der Waals surface area contributed by atoms with Gasteiger partial charge in [0.1, 0.15) is 10.5 Å². The van der Waals surface area contributed by atoms with Gasteiger partial charge >= 0.3 is 18.0 Å². The Hall–Kier alpha value is -1.59. The first kappa shape index (κ1) is 31.3. The molecule has 40 heavy (non-hydrogen) atoms. The monoisotopic (exact) mass is 725 g/mol. The molecule has 1 amide bonds. The zero-order valence-corrected chi connectivity index (χ0v) is 24.6. The highest BCUT2D eigenvalue weighted by Crippen LogP contribution is 2.56. The van der Waals surface area contributed by atoms with Crippen LogP contribution in [0.5, 0.6) is 0 Å². The molecule has 1 aliphatic heterocycles. The number of aryl methyl sites for hydroxylation is 1. The van der Waals surface area contributed by atoms with E-state index in [0.29, 0.717) is 15.7 Å². The lowest BCUT2D eigenvalue weighted by molar-refractivity contribution is -0.348. The van der Waals surface area contributed by atoms with Crippen molar-refractivity contribution in [2.24, 2.45) is 0 Å². The number of likely N-dealkylation sites (tertiary alicyclic amines) is 1. The van der Waals surface area contributed by atoms with Gasteiger partial charge in [-0.05, 0) is 77.2 Å². The maximum atomic E-state index is 14.9. The van der Waals surface area contributed by atoms with Crippen LogP contribution in [0.15, 0.2) is 47.4 Å². The number of fused-ring (bicyclic) bond motifs is 3. The largest absolute Gasteiger partial charge is 0.617 e. The van der Waals surface area contributed by atoms with Crippen molar-refractivity contribution in [3.63, 3.8) is 0 Å². The summed E-state index contributed by atoms with van der Waals surface area (Å²) in [5.41, 5.74) is -7.58. The van der Waals surface area contributed by atoms with Crippen molar-refractivity contribution in [1.29, 1.82) is 0 Å². The second-order valence-corrected chi connectivity index (χ2v) is 14.8. The Morgan fingerprint density at radius 1 is 1.07 bits per heavy atom. The van der Waals surface area contributed by atoms with Crippen molar-refractivity contribution in [3.8, 4) is 0 Å². The maximum Gasteiger partial charge on any atom is 0.435 e. The smallest absolute Gasteiger partial charge is 0.435 e. The predicted molar refractivity (Wildman–Crippen MR) is 141 cm³/mol. The highest BCUT2D eigenvalue weighted by atomic mass is 127. The topological polar surface area (TPSA) is 77.5 Å². The SMILES string of the molecule is C[S+]([O-])CCC(=O)N1CC[C@@]2(S(=O)(=O)c3ccc(I)cc3)c3ccc(C(F)(C(F)(F)F)C(F)(F)F)cc3CC[C@@H]12. The van der Waals surface area contributed by atoms with Crippen LogP contribution in [0.2, 0.25) is 0 Å². The Morgan fingerprint density at radius 3 is 2.23 bits per heavy atom. The van der Waals surface area contributed by atoms with Gasteiger partial charge in [0, 0.05) is 15.7 Å². The molecule has 0 aromatic heterocycles. The first-order valence-corrected chi connectivity index (χ1v) is 16.2. The second-order valence-electron chi connectivity index (χ2n) is 9.79. The quantitative estimate of drug-likeness (QED) is 0.222. The summed E-state index contributed by atoms with van der Waals surface area (Å²) in [5, 5.41) is 0. The van der Waals surface area contributed by atoms with E-state index in [-0.39, 0.29) is 54.0 Å². The number of hydrogen-bond acceptors (Lipinski definition) is 4. The van der Waals surface area contributed by atoms with Crippen LogP contribution in [-0.2, 0) is 42.6 Å². The molecule has 1 saturated heterocycles. The van der Waals surface area contributed by atoms with Crippen LogP contribution < -0.4 is 0 Å². The van der Waals surface area contributed by atoms with E-state index < -0.39 is 61.3 Å². The summed E-state index contributed by atoms with van der Waals surface area (Å²) in [6.45, 7) is -0.0528. The molecule has 1 unspecified atom stereocenters. The Balaban J connectivity index is 1.91. The lowest BCUT2D eigenvalue weighted by atomic mass is 9.76. The number of hydrogen-bond donors (Lipinski definition) is 0. The lowest BCUT2D eigenvalue weighted by Crippen LogP contribution is -2.53. The molecule has 2 aliphatic rings. The van der Waals surface area contributed by atoms with Crippen LogP contribution in [0.4, 0.5) is 30.7 Å². The molecular weight excluding hydrogens is 702 g/mol. The van der Waals surface area contributed by atoms with Crippen molar-refractivity contribution in [3.05, 3.63) is 62.7 Å². The normalized spacial score (nSPS) is 22.6. The van der Waals surface area contributed by atoms with Gasteiger partial charge in [-0.25, -0.2) is 12.8 Å². The van der Waals surface area contributed by atoms with Crippen LogP contribution in [0.1, 0.15) is 36.0 Å². The summed E-state index contributed by atoms with van der Waals surface area (Å²) < 4.78 is 135. The number of rotatable bonds is 6. The number of benzene rings is 2. The van der Waals surface area contributed by atoms with Crippen molar-refractivity contribution < 1.29 is 48.5 Å². The summed E-state index contributed by atoms with van der Waals surface area (Å²) in [6.07, 6.45) is -11.8. The Bertz CT molecular complexity index is 1380. The Kier molecular flexibility index (Phi) is 8.30. The molecule has 0 spiro atoms. The molecule has 2 aromatic carbocycles. The zero-order valence-electron chi connectivity index (χ0n) is 20.8. The Morgan fingerprint density at radius 2 is 1.68 bits per heavy atom. The van der Waals surface area contributed by atoms with Crippen molar-refractivity contribution in [2.75, 3.05) is 18.6 Å².